The normalized spacial score (nSPS) is 16.2. The highest BCUT2D eigenvalue weighted by atomic mass is 19.4. The molecule has 0 spiro atoms. The molecule has 1 N–H and O–H groups in total. The van der Waals surface area contributed by atoms with Crippen LogP contribution in [-0.2, 0) is 19.3 Å². The SMILES string of the molecule is CC(C)CNC(=O)c1coc(CN2CCN(Cc3ccc(C(F)(F)F)cc3)CC2)n1. The Balaban J connectivity index is 1.44. The van der Waals surface area contributed by atoms with E-state index in [1.807, 2.05) is 13.8 Å². The Bertz CT molecular complexity index is 826. The second-order valence-electron chi connectivity index (χ2n) is 7.98. The lowest BCUT2D eigenvalue weighted by Crippen LogP contribution is -2.45. The molecule has 1 aromatic carbocycles. The number of halogens is 3. The zero-order valence-corrected chi connectivity index (χ0v) is 17.2. The number of hydrogen-bond acceptors (Lipinski definition) is 5. The summed E-state index contributed by atoms with van der Waals surface area (Å²) in [6, 6.07) is 5.33. The monoisotopic (exact) mass is 424 g/mol. The van der Waals surface area contributed by atoms with Gasteiger partial charge in [-0.2, -0.15) is 13.2 Å². The maximum atomic E-state index is 12.7. The minimum absolute atomic E-state index is 0.236. The Labute approximate surface area is 174 Å². The Kier molecular flexibility index (Phi) is 7.14. The van der Waals surface area contributed by atoms with Crippen molar-refractivity contribution in [3.63, 3.8) is 0 Å². The van der Waals surface area contributed by atoms with Crippen LogP contribution in [0.1, 0.15) is 41.4 Å². The maximum absolute atomic E-state index is 12.7. The predicted molar refractivity (Wildman–Crippen MR) is 106 cm³/mol. The molecule has 1 amide bonds. The second-order valence-corrected chi connectivity index (χ2v) is 7.98. The van der Waals surface area contributed by atoms with Crippen molar-refractivity contribution in [3.05, 3.63) is 53.2 Å². The summed E-state index contributed by atoms with van der Waals surface area (Å²) in [6.45, 7) is 8.93. The Morgan fingerprint density at radius 3 is 2.27 bits per heavy atom. The molecule has 9 heteroatoms. The molecule has 2 aromatic rings. The van der Waals surface area contributed by atoms with Crippen molar-refractivity contribution >= 4 is 5.91 Å². The Morgan fingerprint density at radius 2 is 1.70 bits per heavy atom. The van der Waals surface area contributed by atoms with Crippen LogP contribution in [0.3, 0.4) is 0 Å². The quantitative estimate of drug-likeness (QED) is 0.738. The molecule has 0 bridgehead atoms. The molecule has 0 saturated carbocycles. The van der Waals surface area contributed by atoms with Crippen LogP contribution in [-0.4, -0.2) is 53.4 Å². The van der Waals surface area contributed by atoms with Crippen molar-refractivity contribution in [1.29, 1.82) is 0 Å². The van der Waals surface area contributed by atoms with E-state index in [4.69, 9.17) is 4.42 Å². The third-order valence-corrected chi connectivity index (χ3v) is 4.97. The van der Waals surface area contributed by atoms with Crippen molar-refractivity contribution < 1.29 is 22.4 Å². The average Bonchev–Trinajstić information content (AvgIpc) is 3.16. The van der Waals surface area contributed by atoms with E-state index in [0.717, 1.165) is 43.9 Å². The van der Waals surface area contributed by atoms with Crippen LogP contribution in [0.2, 0.25) is 0 Å². The first-order chi connectivity index (χ1) is 14.2. The number of nitrogens with one attached hydrogen (secondary N) is 1. The van der Waals surface area contributed by atoms with Gasteiger partial charge in [0, 0.05) is 39.3 Å². The molecule has 2 heterocycles. The summed E-state index contributed by atoms with van der Waals surface area (Å²) < 4.78 is 43.4. The van der Waals surface area contributed by atoms with E-state index >= 15 is 0 Å². The maximum Gasteiger partial charge on any atom is 0.416 e. The fraction of sp³-hybridized carbons (Fsp3) is 0.524. The van der Waals surface area contributed by atoms with E-state index in [1.54, 1.807) is 0 Å². The van der Waals surface area contributed by atoms with Crippen LogP contribution in [0.5, 0.6) is 0 Å². The van der Waals surface area contributed by atoms with E-state index in [0.29, 0.717) is 31.4 Å². The highest BCUT2D eigenvalue weighted by Gasteiger charge is 2.30. The van der Waals surface area contributed by atoms with Gasteiger partial charge in [-0.05, 0) is 23.6 Å². The van der Waals surface area contributed by atoms with Gasteiger partial charge in [0.1, 0.15) is 6.26 Å². The van der Waals surface area contributed by atoms with Crippen molar-refractivity contribution in [3.8, 4) is 0 Å². The van der Waals surface area contributed by atoms with Crippen molar-refractivity contribution in [2.24, 2.45) is 5.92 Å². The van der Waals surface area contributed by atoms with E-state index in [9.17, 15) is 18.0 Å². The molecule has 0 aliphatic carbocycles. The number of aromatic nitrogens is 1. The topological polar surface area (TPSA) is 61.6 Å². The van der Waals surface area contributed by atoms with Gasteiger partial charge in [0.05, 0.1) is 12.1 Å². The van der Waals surface area contributed by atoms with Gasteiger partial charge in [0.25, 0.3) is 5.91 Å². The Morgan fingerprint density at radius 1 is 1.10 bits per heavy atom. The van der Waals surface area contributed by atoms with Crippen LogP contribution in [0.4, 0.5) is 13.2 Å². The smallest absolute Gasteiger partial charge is 0.416 e. The van der Waals surface area contributed by atoms with Gasteiger partial charge >= 0.3 is 6.18 Å². The second kappa shape index (κ2) is 9.61. The number of rotatable bonds is 7. The van der Waals surface area contributed by atoms with Gasteiger partial charge in [-0.3, -0.25) is 14.6 Å². The summed E-state index contributed by atoms with van der Waals surface area (Å²) in [6.07, 6.45) is -2.93. The van der Waals surface area contributed by atoms with Crippen molar-refractivity contribution in [2.75, 3.05) is 32.7 Å². The zero-order chi connectivity index (χ0) is 21.7. The van der Waals surface area contributed by atoms with Gasteiger partial charge < -0.3 is 9.73 Å². The van der Waals surface area contributed by atoms with E-state index in [2.05, 4.69) is 20.1 Å². The molecule has 1 aliphatic rings. The molecule has 0 radical (unpaired) electrons. The summed E-state index contributed by atoms with van der Waals surface area (Å²) in [5, 5.41) is 2.81. The van der Waals surface area contributed by atoms with Gasteiger partial charge in [-0.1, -0.05) is 26.0 Å². The van der Waals surface area contributed by atoms with Crippen molar-refractivity contribution in [2.45, 2.75) is 33.1 Å². The average molecular weight is 424 g/mol. The molecular formula is C21H27F3N4O2. The summed E-state index contributed by atoms with van der Waals surface area (Å²) >= 11 is 0. The minimum atomic E-state index is -4.31. The Hall–Kier alpha value is -2.39. The number of benzene rings is 1. The molecule has 0 atom stereocenters. The van der Waals surface area contributed by atoms with Gasteiger partial charge in [0.2, 0.25) is 5.89 Å². The van der Waals surface area contributed by atoms with Crippen LogP contribution >= 0.6 is 0 Å². The summed E-state index contributed by atoms with van der Waals surface area (Å²) in [7, 11) is 0. The number of alkyl halides is 3. The fourth-order valence-electron chi connectivity index (χ4n) is 3.23. The van der Waals surface area contributed by atoms with Crippen molar-refractivity contribution in [1.82, 2.24) is 20.1 Å². The molecule has 6 nitrogen and oxygen atoms in total. The van der Waals surface area contributed by atoms with E-state index < -0.39 is 11.7 Å². The fourth-order valence-corrected chi connectivity index (χ4v) is 3.23. The van der Waals surface area contributed by atoms with Crippen LogP contribution in [0.15, 0.2) is 34.9 Å². The number of amides is 1. The van der Waals surface area contributed by atoms with Gasteiger partial charge in [-0.15, -0.1) is 0 Å². The minimum Gasteiger partial charge on any atom is -0.447 e. The summed E-state index contributed by atoms with van der Waals surface area (Å²) in [5.74, 6) is 0.625. The molecule has 164 valence electrons. The number of piperazine rings is 1. The summed E-state index contributed by atoms with van der Waals surface area (Å²) in [4.78, 5) is 20.7. The highest BCUT2D eigenvalue weighted by Crippen LogP contribution is 2.29. The number of oxazole rings is 1. The molecule has 0 unspecified atom stereocenters. The van der Waals surface area contributed by atoms with Gasteiger partial charge in [-0.25, -0.2) is 4.98 Å². The molecule has 1 saturated heterocycles. The molecule has 1 aliphatic heterocycles. The molecule has 30 heavy (non-hydrogen) atoms. The molecule has 3 rings (SSSR count). The number of hydrogen-bond donors (Lipinski definition) is 1. The third kappa shape index (κ3) is 6.30. The zero-order valence-electron chi connectivity index (χ0n) is 17.2. The first kappa shape index (κ1) is 22.3. The molecular weight excluding hydrogens is 397 g/mol. The number of carbonyl (C=O) groups is 1. The lowest BCUT2D eigenvalue weighted by atomic mass is 10.1. The number of nitrogens with zero attached hydrogens (tertiary/aromatic N) is 3. The predicted octanol–water partition coefficient (Wildman–Crippen LogP) is 3.40. The molecule has 1 aromatic heterocycles. The highest BCUT2D eigenvalue weighted by molar-refractivity contribution is 5.91. The summed E-state index contributed by atoms with van der Waals surface area (Å²) in [5.41, 5.74) is 0.520. The first-order valence-corrected chi connectivity index (χ1v) is 10.0. The van der Waals surface area contributed by atoms with Crippen LogP contribution < -0.4 is 5.32 Å². The lowest BCUT2D eigenvalue weighted by Gasteiger charge is -2.34. The lowest BCUT2D eigenvalue weighted by molar-refractivity contribution is -0.137. The first-order valence-electron chi connectivity index (χ1n) is 10.0. The third-order valence-electron chi connectivity index (χ3n) is 4.97. The largest absolute Gasteiger partial charge is 0.447 e. The number of carbonyl (C=O) groups excluding carboxylic acids is 1. The van der Waals surface area contributed by atoms with Crippen LogP contribution in [0.25, 0.3) is 0 Å². The van der Waals surface area contributed by atoms with E-state index in [-0.39, 0.29) is 11.6 Å². The molecule has 1 fully saturated rings. The standard InChI is InChI=1S/C21H27F3N4O2/c1-15(2)11-25-20(29)18-14-30-19(26-18)13-28-9-7-27(8-10-28)12-16-3-5-17(6-4-16)21(22,23)24/h3-6,14-15H,7-13H2,1-2H3,(H,25,29). The van der Waals surface area contributed by atoms with Crippen LogP contribution in [0, 0.1) is 5.92 Å². The van der Waals surface area contributed by atoms with Gasteiger partial charge in [0.15, 0.2) is 5.69 Å². The van der Waals surface area contributed by atoms with E-state index in [1.165, 1.54) is 18.4 Å².